The molecule has 0 unspecified atom stereocenters. The first-order valence-electron chi connectivity index (χ1n) is 8.13. The summed E-state index contributed by atoms with van der Waals surface area (Å²) in [5.74, 6) is 1.31. The molecule has 2 aromatic rings. The van der Waals surface area contributed by atoms with Gasteiger partial charge in [-0.2, -0.15) is 0 Å². The number of hydrogen-bond donors (Lipinski definition) is 2. The maximum atomic E-state index is 12.3. The number of benzene rings is 1. The first-order chi connectivity index (χ1) is 13.0. The molecule has 0 atom stereocenters. The van der Waals surface area contributed by atoms with Gasteiger partial charge < -0.3 is 20.5 Å². The van der Waals surface area contributed by atoms with E-state index in [4.69, 9.17) is 15.2 Å². The first-order valence-corrected chi connectivity index (χ1v) is 8.90. The van der Waals surface area contributed by atoms with Gasteiger partial charge in [-0.25, -0.2) is 9.38 Å². The fourth-order valence-corrected chi connectivity index (χ4v) is 2.94. The monoisotopic (exact) mass is 385 g/mol. The predicted molar refractivity (Wildman–Crippen MR) is 106 cm³/mol. The molecule has 1 aliphatic heterocycles. The van der Waals surface area contributed by atoms with E-state index >= 15 is 0 Å². The van der Waals surface area contributed by atoms with Gasteiger partial charge in [-0.05, 0) is 38.3 Å². The Kier molecular flexibility index (Phi) is 5.60. The van der Waals surface area contributed by atoms with Gasteiger partial charge in [-0.15, -0.1) is 0 Å². The van der Waals surface area contributed by atoms with Crippen LogP contribution in [0.2, 0.25) is 0 Å². The summed E-state index contributed by atoms with van der Waals surface area (Å²) in [6.45, 7) is 7.99. The summed E-state index contributed by atoms with van der Waals surface area (Å²) < 4.78 is 14.8. The molecule has 27 heavy (non-hydrogen) atoms. The molecule has 2 heterocycles. The lowest BCUT2D eigenvalue weighted by molar-refractivity contribution is -0.112. The highest BCUT2D eigenvalue weighted by Crippen LogP contribution is 2.36. The third kappa shape index (κ3) is 4.20. The Labute approximate surface area is 161 Å². The smallest absolute Gasteiger partial charge is 0.266 e. The van der Waals surface area contributed by atoms with E-state index in [0.29, 0.717) is 36.2 Å². The van der Waals surface area contributed by atoms with Gasteiger partial charge in [0.2, 0.25) is 0 Å². The Morgan fingerprint density at radius 2 is 1.96 bits per heavy atom. The number of carbonyl (C=O) groups is 1. The van der Waals surface area contributed by atoms with E-state index in [1.807, 2.05) is 19.1 Å². The number of amides is 1. The van der Waals surface area contributed by atoms with Gasteiger partial charge in [0, 0.05) is 23.2 Å². The van der Waals surface area contributed by atoms with Crippen LogP contribution in [0.5, 0.6) is 11.5 Å². The highest BCUT2D eigenvalue weighted by atomic mass is 32.2. The van der Waals surface area contributed by atoms with Crippen LogP contribution in [0, 0.1) is 6.92 Å². The lowest BCUT2D eigenvalue weighted by Gasteiger charge is -2.20. The molecule has 140 valence electrons. The van der Waals surface area contributed by atoms with Crippen LogP contribution in [0.25, 0.3) is 11.3 Å². The van der Waals surface area contributed by atoms with E-state index in [9.17, 15) is 4.79 Å². The van der Waals surface area contributed by atoms with E-state index in [2.05, 4.69) is 26.4 Å². The summed E-state index contributed by atoms with van der Waals surface area (Å²) in [6, 6.07) is 3.80. The topological polar surface area (TPSA) is 112 Å². The third-order valence-corrected chi connectivity index (χ3v) is 4.60. The molecule has 0 aliphatic carbocycles. The minimum Gasteiger partial charge on any atom is -0.486 e. The largest absolute Gasteiger partial charge is 0.486 e. The van der Waals surface area contributed by atoms with Crippen LogP contribution in [-0.2, 0) is 4.79 Å². The van der Waals surface area contributed by atoms with Crippen LogP contribution in [0.4, 0.5) is 5.82 Å². The second kappa shape index (κ2) is 8.09. The van der Waals surface area contributed by atoms with Crippen molar-refractivity contribution < 1.29 is 14.3 Å². The van der Waals surface area contributed by atoms with Crippen molar-refractivity contribution in [2.45, 2.75) is 13.8 Å². The van der Waals surface area contributed by atoms with Gasteiger partial charge in [0.25, 0.3) is 5.91 Å². The van der Waals surface area contributed by atoms with E-state index in [0.717, 1.165) is 28.8 Å². The van der Waals surface area contributed by atoms with Crippen LogP contribution >= 0.6 is 11.9 Å². The minimum atomic E-state index is -0.412. The van der Waals surface area contributed by atoms with E-state index in [1.54, 1.807) is 13.1 Å². The second-order valence-corrected chi connectivity index (χ2v) is 6.63. The molecule has 0 radical (unpaired) electrons. The van der Waals surface area contributed by atoms with Gasteiger partial charge in [-0.3, -0.25) is 9.78 Å². The van der Waals surface area contributed by atoms with Crippen molar-refractivity contribution in [3.05, 3.63) is 40.7 Å². The third-order valence-electron chi connectivity index (χ3n) is 3.78. The van der Waals surface area contributed by atoms with Crippen LogP contribution in [0.15, 0.2) is 39.5 Å². The number of anilines is 1. The Morgan fingerprint density at radius 1 is 1.26 bits per heavy atom. The number of nitrogens with one attached hydrogen (secondary N) is 1. The fourth-order valence-electron chi connectivity index (χ4n) is 2.53. The first kappa shape index (κ1) is 18.7. The number of aromatic nitrogens is 2. The molecule has 3 rings (SSSR count). The highest BCUT2D eigenvalue weighted by Gasteiger charge is 2.17. The number of allylic oxidation sites excluding steroid dienone is 1. The molecular formula is C18H19N5O3S. The number of carbonyl (C=O) groups excluding carboxylic acids is 1. The molecule has 3 N–H and O–H groups in total. The number of fused-ring (bicyclic) bond motifs is 1. The van der Waals surface area contributed by atoms with Gasteiger partial charge in [0.15, 0.2) is 17.3 Å². The average molecular weight is 385 g/mol. The molecule has 0 bridgehead atoms. The molecule has 1 amide bonds. The van der Waals surface area contributed by atoms with Crippen LogP contribution in [-0.4, -0.2) is 35.8 Å². The molecule has 9 heteroatoms. The molecular weight excluding hydrogens is 366 g/mol. The van der Waals surface area contributed by atoms with Gasteiger partial charge in [-0.1, -0.05) is 0 Å². The summed E-state index contributed by atoms with van der Waals surface area (Å²) in [5, 5.41) is 2.65. The van der Waals surface area contributed by atoms with E-state index < -0.39 is 5.91 Å². The maximum Gasteiger partial charge on any atom is 0.266 e. The lowest BCUT2D eigenvalue weighted by atomic mass is 10.0. The quantitative estimate of drug-likeness (QED) is 0.462. The normalized spacial score (nSPS) is 13.6. The van der Waals surface area contributed by atoms with Crippen molar-refractivity contribution in [2.24, 2.45) is 10.1 Å². The van der Waals surface area contributed by atoms with Crippen molar-refractivity contribution in [3.63, 3.8) is 0 Å². The van der Waals surface area contributed by atoms with Gasteiger partial charge in [0.1, 0.15) is 18.1 Å². The van der Waals surface area contributed by atoms with Crippen LogP contribution in [0.3, 0.4) is 0 Å². The summed E-state index contributed by atoms with van der Waals surface area (Å²) in [5.41, 5.74) is 8.59. The maximum absolute atomic E-state index is 12.3. The second-order valence-electron chi connectivity index (χ2n) is 5.78. The van der Waals surface area contributed by atoms with Crippen LogP contribution in [0.1, 0.15) is 12.5 Å². The Bertz CT molecular complexity index is 908. The number of hydrogen-bond acceptors (Lipinski definition) is 8. The average Bonchev–Trinajstić information content (AvgIpc) is 2.66. The van der Waals surface area contributed by atoms with Gasteiger partial charge in [0.05, 0.1) is 18.1 Å². The number of aryl methyl sites for hydroxylation is 1. The number of rotatable bonds is 5. The van der Waals surface area contributed by atoms with Crippen molar-refractivity contribution in [1.82, 2.24) is 9.97 Å². The summed E-state index contributed by atoms with van der Waals surface area (Å²) in [7, 11) is 0. The molecule has 0 saturated heterocycles. The van der Waals surface area contributed by atoms with Crippen molar-refractivity contribution in [2.75, 3.05) is 18.5 Å². The Morgan fingerprint density at radius 3 is 2.56 bits per heavy atom. The zero-order valence-electron chi connectivity index (χ0n) is 15.0. The predicted octanol–water partition coefficient (Wildman–Crippen LogP) is 2.70. The van der Waals surface area contributed by atoms with Crippen molar-refractivity contribution in [3.8, 4) is 22.8 Å². The minimum absolute atomic E-state index is 0.263. The Hall–Kier alpha value is -3.07. The van der Waals surface area contributed by atoms with Crippen molar-refractivity contribution in [1.29, 1.82) is 0 Å². The fraction of sp³-hybridized carbons (Fsp3) is 0.222. The van der Waals surface area contributed by atoms with E-state index in [-0.39, 0.29) is 4.91 Å². The molecule has 1 aromatic carbocycles. The summed E-state index contributed by atoms with van der Waals surface area (Å²) >= 11 is 0.909. The molecule has 0 saturated carbocycles. The number of nitrogens with two attached hydrogens (primary N) is 1. The molecule has 1 aliphatic rings. The molecule has 0 fully saturated rings. The molecule has 0 spiro atoms. The highest BCUT2D eigenvalue weighted by molar-refractivity contribution is 8.02. The number of nitrogens with zero attached hydrogens (tertiary/aromatic N) is 3. The molecule has 8 nitrogen and oxygen atoms in total. The van der Waals surface area contributed by atoms with Crippen LogP contribution < -0.4 is 20.5 Å². The standard InChI is InChI=1S/C18H19N5O3S/c1-10-6-14-15(26-5-4-25-14)7-12(10)13-8-22-16(9-21-13)23-18(24)17(11(2)19)27-20-3/h6-9H,3-5,19H2,1-2H3,(H,22,23,24)/b17-11-. The van der Waals surface area contributed by atoms with E-state index in [1.165, 1.54) is 6.20 Å². The molecule has 1 aromatic heterocycles. The SMILES string of the molecule is C=NS/C(C(=O)Nc1cnc(-c2cc3c(cc2C)OCCO3)cn1)=C(/C)N. The zero-order chi connectivity index (χ0) is 19.4. The van der Waals surface area contributed by atoms with Gasteiger partial charge >= 0.3 is 0 Å². The Balaban J connectivity index is 1.81. The summed E-state index contributed by atoms with van der Waals surface area (Å²) in [6.07, 6.45) is 3.07. The zero-order valence-corrected chi connectivity index (χ0v) is 15.8. The lowest BCUT2D eigenvalue weighted by Crippen LogP contribution is -2.17. The summed E-state index contributed by atoms with van der Waals surface area (Å²) in [4.78, 5) is 21.2. The number of ether oxygens (including phenoxy) is 2. The van der Waals surface area contributed by atoms with Crippen molar-refractivity contribution >= 4 is 30.4 Å².